The van der Waals surface area contributed by atoms with Crippen LogP contribution in [-0.4, -0.2) is 42.6 Å². The lowest BCUT2D eigenvalue weighted by Crippen LogP contribution is -2.36. The van der Waals surface area contributed by atoms with Gasteiger partial charge in [0.15, 0.2) is 0 Å². The minimum absolute atomic E-state index is 0.579. The Morgan fingerprint density at radius 2 is 2.00 bits per heavy atom. The summed E-state index contributed by atoms with van der Waals surface area (Å²) < 4.78 is 7.70. The van der Waals surface area contributed by atoms with Crippen LogP contribution in [0.3, 0.4) is 0 Å². The molecule has 1 aromatic heterocycles. The molecule has 1 aromatic rings. The molecular formula is C15H24N4O. The Morgan fingerprint density at radius 3 is 2.65 bits per heavy atom. The highest BCUT2D eigenvalue weighted by molar-refractivity contribution is 5.52. The van der Waals surface area contributed by atoms with Gasteiger partial charge in [-0.25, -0.2) is 0 Å². The summed E-state index contributed by atoms with van der Waals surface area (Å²) in [6, 6.07) is 0.579. The SMILES string of the molecule is NCC1CC(n2cc(N3CCOCC3)c(C3CC3)n2)C1. The van der Waals surface area contributed by atoms with Gasteiger partial charge in [-0.05, 0) is 38.1 Å². The summed E-state index contributed by atoms with van der Waals surface area (Å²) >= 11 is 0. The van der Waals surface area contributed by atoms with Crippen LogP contribution in [0.2, 0.25) is 0 Å². The zero-order valence-corrected chi connectivity index (χ0v) is 12.0. The molecule has 110 valence electrons. The molecule has 2 aliphatic carbocycles. The average molecular weight is 276 g/mol. The third kappa shape index (κ3) is 2.23. The van der Waals surface area contributed by atoms with Gasteiger partial charge in [-0.2, -0.15) is 5.10 Å². The Labute approximate surface area is 120 Å². The molecule has 2 heterocycles. The number of rotatable bonds is 4. The van der Waals surface area contributed by atoms with E-state index in [1.165, 1.54) is 37.1 Å². The molecule has 3 fully saturated rings. The number of ether oxygens (including phenoxy) is 1. The molecule has 1 saturated heterocycles. The van der Waals surface area contributed by atoms with Crippen molar-refractivity contribution in [3.05, 3.63) is 11.9 Å². The zero-order valence-electron chi connectivity index (χ0n) is 12.0. The van der Waals surface area contributed by atoms with Gasteiger partial charge in [0.1, 0.15) is 0 Å². The number of nitrogens with zero attached hydrogens (tertiary/aromatic N) is 3. The smallest absolute Gasteiger partial charge is 0.0888 e. The predicted molar refractivity (Wildman–Crippen MR) is 78.0 cm³/mol. The lowest BCUT2D eigenvalue weighted by atomic mass is 9.80. The molecule has 0 unspecified atom stereocenters. The molecule has 0 spiro atoms. The minimum Gasteiger partial charge on any atom is -0.378 e. The van der Waals surface area contributed by atoms with E-state index in [1.54, 1.807) is 0 Å². The van der Waals surface area contributed by atoms with Crippen molar-refractivity contribution in [1.82, 2.24) is 9.78 Å². The largest absolute Gasteiger partial charge is 0.378 e. The molecular weight excluding hydrogens is 252 g/mol. The van der Waals surface area contributed by atoms with Crippen molar-refractivity contribution in [3.8, 4) is 0 Å². The third-order valence-electron chi connectivity index (χ3n) is 4.97. The standard InChI is InChI=1S/C15H24N4O/c16-9-11-7-13(8-11)19-10-14(15(17-19)12-1-2-12)18-3-5-20-6-4-18/h10-13H,1-9,16H2. The Balaban J connectivity index is 1.55. The average Bonchev–Trinajstić information content (AvgIpc) is 3.19. The first kappa shape index (κ1) is 12.7. The van der Waals surface area contributed by atoms with Crippen LogP contribution in [0.15, 0.2) is 6.20 Å². The first-order valence-electron chi connectivity index (χ1n) is 7.97. The van der Waals surface area contributed by atoms with E-state index in [0.29, 0.717) is 17.9 Å². The minimum atomic E-state index is 0.579. The molecule has 4 rings (SSSR count). The van der Waals surface area contributed by atoms with Gasteiger partial charge in [0.25, 0.3) is 0 Å². The van der Waals surface area contributed by atoms with Crippen molar-refractivity contribution in [2.75, 3.05) is 37.7 Å². The number of nitrogens with two attached hydrogens (primary N) is 1. The molecule has 2 saturated carbocycles. The van der Waals surface area contributed by atoms with Gasteiger partial charge in [0, 0.05) is 25.2 Å². The number of morpholine rings is 1. The van der Waals surface area contributed by atoms with Gasteiger partial charge in [-0.3, -0.25) is 4.68 Å². The van der Waals surface area contributed by atoms with Crippen LogP contribution in [0.5, 0.6) is 0 Å². The van der Waals surface area contributed by atoms with Crippen molar-refractivity contribution >= 4 is 5.69 Å². The maximum atomic E-state index is 5.73. The molecule has 0 bridgehead atoms. The second-order valence-electron chi connectivity index (χ2n) is 6.48. The maximum absolute atomic E-state index is 5.73. The van der Waals surface area contributed by atoms with E-state index < -0.39 is 0 Å². The number of hydrogen-bond donors (Lipinski definition) is 1. The molecule has 1 aliphatic heterocycles. The van der Waals surface area contributed by atoms with Crippen LogP contribution >= 0.6 is 0 Å². The molecule has 5 nitrogen and oxygen atoms in total. The van der Waals surface area contributed by atoms with Crippen LogP contribution in [0.4, 0.5) is 5.69 Å². The fourth-order valence-electron chi connectivity index (χ4n) is 3.39. The zero-order chi connectivity index (χ0) is 13.5. The number of hydrogen-bond acceptors (Lipinski definition) is 4. The highest BCUT2D eigenvalue weighted by Gasteiger charge is 2.35. The van der Waals surface area contributed by atoms with Crippen LogP contribution in [0.1, 0.15) is 43.3 Å². The first-order chi connectivity index (χ1) is 9.85. The number of anilines is 1. The summed E-state index contributed by atoms with van der Waals surface area (Å²) in [5.74, 6) is 1.42. The van der Waals surface area contributed by atoms with E-state index in [4.69, 9.17) is 15.6 Å². The van der Waals surface area contributed by atoms with Crippen LogP contribution < -0.4 is 10.6 Å². The molecule has 3 aliphatic rings. The maximum Gasteiger partial charge on any atom is 0.0888 e. The Kier molecular flexibility index (Phi) is 3.19. The summed E-state index contributed by atoms with van der Waals surface area (Å²) in [6.45, 7) is 4.51. The fraction of sp³-hybridized carbons (Fsp3) is 0.800. The topological polar surface area (TPSA) is 56.3 Å². The fourth-order valence-corrected chi connectivity index (χ4v) is 3.39. The Hall–Kier alpha value is -1.07. The van der Waals surface area contributed by atoms with E-state index in [2.05, 4.69) is 15.8 Å². The van der Waals surface area contributed by atoms with Gasteiger partial charge in [0.2, 0.25) is 0 Å². The quantitative estimate of drug-likeness (QED) is 0.905. The molecule has 20 heavy (non-hydrogen) atoms. The van der Waals surface area contributed by atoms with Crippen LogP contribution in [0, 0.1) is 5.92 Å². The second-order valence-corrected chi connectivity index (χ2v) is 6.48. The van der Waals surface area contributed by atoms with Crippen LogP contribution in [0.25, 0.3) is 0 Å². The van der Waals surface area contributed by atoms with Crippen molar-refractivity contribution in [1.29, 1.82) is 0 Å². The lowest BCUT2D eigenvalue weighted by Gasteiger charge is -2.34. The Bertz CT molecular complexity index is 470. The predicted octanol–water partition coefficient (Wildman–Crippen LogP) is 1.51. The van der Waals surface area contributed by atoms with Crippen molar-refractivity contribution in [2.24, 2.45) is 11.7 Å². The van der Waals surface area contributed by atoms with Gasteiger partial charge >= 0.3 is 0 Å². The summed E-state index contributed by atoms with van der Waals surface area (Å²) in [4.78, 5) is 2.46. The van der Waals surface area contributed by atoms with Crippen LogP contribution in [-0.2, 0) is 4.74 Å². The molecule has 5 heteroatoms. The van der Waals surface area contributed by atoms with Crippen molar-refractivity contribution < 1.29 is 4.74 Å². The molecule has 0 atom stereocenters. The summed E-state index contributed by atoms with van der Waals surface area (Å²) in [5, 5.41) is 4.93. The van der Waals surface area contributed by atoms with E-state index >= 15 is 0 Å². The van der Waals surface area contributed by atoms with Crippen molar-refractivity contribution in [2.45, 2.75) is 37.6 Å². The summed E-state index contributed by atoms with van der Waals surface area (Å²) in [5.41, 5.74) is 8.44. The third-order valence-corrected chi connectivity index (χ3v) is 4.97. The highest BCUT2D eigenvalue weighted by Crippen LogP contribution is 2.45. The van der Waals surface area contributed by atoms with E-state index in [1.807, 2.05) is 0 Å². The molecule has 2 N–H and O–H groups in total. The molecule has 0 aromatic carbocycles. The second kappa shape index (κ2) is 5.04. The van der Waals surface area contributed by atoms with E-state index in [9.17, 15) is 0 Å². The molecule has 0 radical (unpaired) electrons. The number of aromatic nitrogens is 2. The van der Waals surface area contributed by atoms with Gasteiger partial charge in [-0.15, -0.1) is 0 Å². The van der Waals surface area contributed by atoms with Gasteiger partial charge in [-0.1, -0.05) is 0 Å². The first-order valence-corrected chi connectivity index (χ1v) is 7.97. The normalized spacial score (nSPS) is 30.4. The summed E-state index contributed by atoms with van der Waals surface area (Å²) in [7, 11) is 0. The molecule has 0 amide bonds. The van der Waals surface area contributed by atoms with E-state index in [0.717, 1.165) is 32.8 Å². The lowest BCUT2D eigenvalue weighted by molar-refractivity contribution is 0.122. The van der Waals surface area contributed by atoms with Gasteiger partial charge < -0.3 is 15.4 Å². The van der Waals surface area contributed by atoms with Gasteiger partial charge in [0.05, 0.1) is 30.6 Å². The summed E-state index contributed by atoms with van der Waals surface area (Å²) in [6.07, 6.45) is 7.31. The van der Waals surface area contributed by atoms with E-state index in [-0.39, 0.29) is 0 Å². The monoisotopic (exact) mass is 276 g/mol. The Morgan fingerprint density at radius 1 is 1.25 bits per heavy atom. The van der Waals surface area contributed by atoms with Crippen molar-refractivity contribution in [3.63, 3.8) is 0 Å². The highest BCUT2D eigenvalue weighted by atomic mass is 16.5.